The Hall–Kier alpha value is -3.24. The van der Waals surface area contributed by atoms with Gasteiger partial charge in [-0.2, -0.15) is 0 Å². The summed E-state index contributed by atoms with van der Waals surface area (Å²) < 4.78 is 28.4. The third-order valence-electron chi connectivity index (χ3n) is 7.70. The molecule has 0 aromatic rings. The number of epoxide rings is 1. The fraction of sp³-hybridized carbons (Fsp3) is 0.556. The minimum absolute atomic E-state index is 0.130. The molecule has 2 aliphatic heterocycles. The Morgan fingerprint density at radius 2 is 1.81 bits per heavy atom. The summed E-state index contributed by atoms with van der Waals surface area (Å²) in [6.45, 7) is 9.96. The van der Waals surface area contributed by atoms with Gasteiger partial charge in [-0.05, 0) is 26.8 Å². The molecule has 200 valence electrons. The molecule has 1 N–H and O–H groups in total. The maximum absolute atomic E-state index is 13.0. The normalized spacial score (nSPS) is 34.7. The maximum Gasteiger partial charge on any atom is 0.337 e. The Balaban J connectivity index is 1.65. The zero-order valence-corrected chi connectivity index (χ0v) is 21.4. The van der Waals surface area contributed by atoms with Crippen molar-refractivity contribution < 1.29 is 48.0 Å². The van der Waals surface area contributed by atoms with Gasteiger partial charge in [-0.1, -0.05) is 24.3 Å². The van der Waals surface area contributed by atoms with Gasteiger partial charge in [-0.15, -0.1) is 0 Å². The highest BCUT2D eigenvalue weighted by atomic mass is 16.6. The molecule has 2 aliphatic carbocycles. The van der Waals surface area contributed by atoms with Crippen molar-refractivity contribution in [3.8, 4) is 0 Å². The molecule has 0 radical (unpaired) electrons. The van der Waals surface area contributed by atoms with Crippen LogP contribution in [0.25, 0.3) is 0 Å². The lowest BCUT2D eigenvalue weighted by Crippen LogP contribution is -2.41. The molecule has 2 saturated heterocycles. The number of esters is 4. The monoisotopic (exact) mass is 516 g/mol. The van der Waals surface area contributed by atoms with Crippen molar-refractivity contribution in [2.45, 2.75) is 58.0 Å². The summed E-state index contributed by atoms with van der Waals surface area (Å²) in [6.07, 6.45) is 2.84. The van der Waals surface area contributed by atoms with Crippen LogP contribution in [-0.2, 0) is 42.9 Å². The number of rotatable bonds is 7. The van der Waals surface area contributed by atoms with Gasteiger partial charge < -0.3 is 28.8 Å². The summed E-state index contributed by atoms with van der Waals surface area (Å²) in [6, 6.07) is 0. The van der Waals surface area contributed by atoms with Gasteiger partial charge in [0.05, 0.1) is 30.3 Å². The van der Waals surface area contributed by atoms with Crippen LogP contribution in [0.1, 0.15) is 34.1 Å². The highest BCUT2D eigenvalue weighted by Gasteiger charge is 2.68. The first-order chi connectivity index (χ1) is 17.6. The Morgan fingerprint density at radius 1 is 1.16 bits per heavy atom. The van der Waals surface area contributed by atoms with E-state index in [2.05, 4.69) is 6.58 Å². The summed E-state index contributed by atoms with van der Waals surface area (Å²) >= 11 is 0. The highest BCUT2D eigenvalue weighted by molar-refractivity contribution is 5.92. The van der Waals surface area contributed by atoms with E-state index in [1.54, 1.807) is 13.8 Å². The number of hydrogen-bond donors (Lipinski definition) is 1. The fourth-order valence-corrected chi connectivity index (χ4v) is 5.75. The van der Waals surface area contributed by atoms with Crippen molar-refractivity contribution >= 4 is 23.9 Å². The van der Waals surface area contributed by atoms with Crippen molar-refractivity contribution in [3.63, 3.8) is 0 Å². The molecule has 1 saturated carbocycles. The summed E-state index contributed by atoms with van der Waals surface area (Å²) in [5.74, 6) is -3.83. The predicted molar refractivity (Wildman–Crippen MR) is 128 cm³/mol. The fourth-order valence-electron chi connectivity index (χ4n) is 5.75. The Kier molecular flexibility index (Phi) is 7.43. The van der Waals surface area contributed by atoms with Crippen molar-refractivity contribution in [2.75, 3.05) is 19.8 Å². The van der Waals surface area contributed by atoms with Crippen LogP contribution in [0.2, 0.25) is 0 Å². The molecule has 10 heteroatoms. The molecule has 0 aromatic heterocycles. The molecular formula is C27H32O10. The van der Waals surface area contributed by atoms with Crippen LogP contribution in [0.5, 0.6) is 0 Å². The number of allylic oxidation sites excluding steroid dienone is 2. The molecule has 37 heavy (non-hydrogen) atoms. The molecule has 7 atom stereocenters. The number of aliphatic hydroxyl groups is 1. The molecule has 1 spiro atoms. The van der Waals surface area contributed by atoms with Crippen LogP contribution in [0.4, 0.5) is 0 Å². The van der Waals surface area contributed by atoms with Crippen LogP contribution >= 0.6 is 0 Å². The van der Waals surface area contributed by atoms with Crippen LogP contribution in [0.3, 0.4) is 0 Å². The Morgan fingerprint density at radius 3 is 2.38 bits per heavy atom. The number of aliphatic hydroxyl groups excluding tert-OH is 1. The van der Waals surface area contributed by atoms with Gasteiger partial charge in [0.1, 0.15) is 30.5 Å². The first kappa shape index (κ1) is 26.8. The van der Waals surface area contributed by atoms with E-state index in [1.807, 2.05) is 13.0 Å². The second kappa shape index (κ2) is 10.3. The van der Waals surface area contributed by atoms with Crippen LogP contribution in [-0.4, -0.2) is 72.7 Å². The zero-order chi connectivity index (χ0) is 27.1. The van der Waals surface area contributed by atoms with E-state index in [1.165, 1.54) is 19.1 Å². The third kappa shape index (κ3) is 4.87. The molecule has 4 aliphatic rings. The topological polar surface area (TPSA) is 138 Å². The number of carbonyl (C=O) groups excluding carboxylic acids is 4. The van der Waals surface area contributed by atoms with Crippen molar-refractivity contribution in [3.05, 3.63) is 47.1 Å². The molecule has 10 nitrogen and oxygen atoms in total. The van der Waals surface area contributed by atoms with E-state index >= 15 is 0 Å². The lowest BCUT2D eigenvalue weighted by Gasteiger charge is -2.31. The Bertz CT molecular complexity index is 1110. The smallest absolute Gasteiger partial charge is 0.337 e. The zero-order valence-electron chi connectivity index (χ0n) is 21.4. The average Bonchev–Trinajstić information content (AvgIpc) is 3.47. The van der Waals surface area contributed by atoms with Gasteiger partial charge >= 0.3 is 23.9 Å². The summed E-state index contributed by atoms with van der Waals surface area (Å²) in [5.41, 5.74) is 0.560. The summed E-state index contributed by atoms with van der Waals surface area (Å²) in [5, 5.41) is 9.49. The van der Waals surface area contributed by atoms with Crippen LogP contribution in [0, 0.1) is 17.8 Å². The number of carbonyl (C=O) groups is 4. The highest BCUT2D eigenvalue weighted by Crippen LogP contribution is 2.58. The van der Waals surface area contributed by atoms with Crippen molar-refractivity contribution in [1.82, 2.24) is 0 Å². The van der Waals surface area contributed by atoms with E-state index in [0.717, 1.165) is 5.57 Å². The van der Waals surface area contributed by atoms with Gasteiger partial charge in [0.2, 0.25) is 0 Å². The summed E-state index contributed by atoms with van der Waals surface area (Å²) in [4.78, 5) is 49.6. The van der Waals surface area contributed by atoms with Crippen molar-refractivity contribution in [2.24, 2.45) is 17.8 Å². The number of fused-ring (bicyclic) bond motifs is 4. The first-order valence-electron chi connectivity index (χ1n) is 12.3. The second-order valence-electron chi connectivity index (χ2n) is 9.82. The molecule has 0 unspecified atom stereocenters. The average molecular weight is 517 g/mol. The third-order valence-corrected chi connectivity index (χ3v) is 7.70. The number of ether oxygens (including phenoxy) is 5. The minimum Gasteiger partial charge on any atom is -0.461 e. The molecule has 0 aromatic carbocycles. The van der Waals surface area contributed by atoms with Gasteiger partial charge in [0.25, 0.3) is 0 Å². The predicted octanol–water partition coefficient (Wildman–Crippen LogP) is 1.72. The molecular weight excluding hydrogens is 484 g/mol. The minimum atomic E-state index is -0.815. The van der Waals surface area contributed by atoms with E-state index in [-0.39, 0.29) is 35.7 Å². The van der Waals surface area contributed by atoms with Gasteiger partial charge in [-0.3, -0.25) is 4.79 Å². The van der Waals surface area contributed by atoms with Gasteiger partial charge in [0.15, 0.2) is 0 Å². The van der Waals surface area contributed by atoms with E-state index in [4.69, 9.17) is 23.7 Å². The first-order valence-corrected chi connectivity index (χ1v) is 12.3. The summed E-state index contributed by atoms with van der Waals surface area (Å²) in [7, 11) is 0. The number of hydrogen-bond acceptors (Lipinski definition) is 10. The van der Waals surface area contributed by atoms with Crippen molar-refractivity contribution in [1.29, 1.82) is 0 Å². The lowest BCUT2D eigenvalue weighted by molar-refractivity contribution is -0.151. The molecule has 0 amide bonds. The molecule has 3 fully saturated rings. The SMILES string of the molecule is C=C1C(=O)O[C@@H]2[C@@H]3C(C)=C[C@@H](OC(=O)/C(=C\C)CO)[C@H]3[C@]3(CO3)C[C@H](OC(=O)/C(=C\C)COC(C)=O)[C@@H]12. The van der Waals surface area contributed by atoms with E-state index in [0.29, 0.717) is 6.61 Å². The van der Waals surface area contributed by atoms with Crippen LogP contribution in [0.15, 0.2) is 47.1 Å². The standard InChI is InChI=1S/C27H32O10/c1-6-16(10-28)25(31)35-18-8-13(3)20-22(18)27(12-34-27)9-19(21-14(4)24(30)37-23(20)21)36-26(32)17(7-2)11-33-15(5)29/h6-8,18-23,28H,4,9-12H2,1-3,5H3/b16-6-,17-7-/t18-,19+,20-,21-,22-,23-,27-/m1/s1. The van der Waals surface area contributed by atoms with E-state index in [9.17, 15) is 24.3 Å². The van der Waals surface area contributed by atoms with E-state index < -0.39 is 66.2 Å². The Labute approximate surface area is 214 Å². The second-order valence-corrected chi connectivity index (χ2v) is 9.82. The van der Waals surface area contributed by atoms with Crippen LogP contribution < -0.4 is 0 Å². The maximum atomic E-state index is 13.0. The lowest BCUT2D eigenvalue weighted by atomic mass is 9.77. The molecule has 0 bridgehead atoms. The quantitative estimate of drug-likeness (QED) is 0.175. The van der Waals surface area contributed by atoms with Gasteiger partial charge in [-0.25, -0.2) is 14.4 Å². The molecule has 4 rings (SSSR count). The van der Waals surface area contributed by atoms with Gasteiger partial charge in [0, 0.05) is 30.8 Å². The largest absolute Gasteiger partial charge is 0.461 e. The molecule has 2 heterocycles.